The third-order valence-corrected chi connectivity index (χ3v) is 2.77. The minimum absolute atomic E-state index is 0.174. The van der Waals surface area contributed by atoms with E-state index in [1.54, 1.807) is 11.7 Å². The van der Waals surface area contributed by atoms with E-state index in [0.717, 1.165) is 17.0 Å². The zero-order valence-electron chi connectivity index (χ0n) is 8.97. The Morgan fingerprint density at radius 3 is 2.69 bits per heavy atom. The number of hydrogen-bond acceptors (Lipinski definition) is 2. The monoisotopic (exact) mass is 236 g/mol. The lowest BCUT2D eigenvalue weighted by atomic mass is 10.1. The molecule has 2 rings (SSSR count). The number of nitrogens with zero attached hydrogens (tertiary/aromatic N) is 2. The predicted molar refractivity (Wildman–Crippen MR) is 64.3 cm³/mol. The van der Waals surface area contributed by atoms with Crippen molar-refractivity contribution in [2.45, 2.75) is 6.10 Å². The van der Waals surface area contributed by atoms with E-state index in [9.17, 15) is 5.11 Å². The van der Waals surface area contributed by atoms with E-state index in [1.807, 2.05) is 36.4 Å². The number of alkyl halides is 1. The number of benzene rings is 1. The Hall–Kier alpha value is -1.32. The molecule has 0 bridgehead atoms. The van der Waals surface area contributed by atoms with E-state index in [0.29, 0.717) is 0 Å². The van der Waals surface area contributed by atoms with Crippen LogP contribution in [0, 0.1) is 0 Å². The number of aryl methyl sites for hydroxylation is 1. The normalized spacial score (nSPS) is 12.7. The Balaban J connectivity index is 2.38. The Labute approximate surface area is 99.3 Å². The number of aromatic nitrogens is 2. The topological polar surface area (TPSA) is 38.0 Å². The highest BCUT2D eigenvalue weighted by Crippen LogP contribution is 2.22. The summed E-state index contributed by atoms with van der Waals surface area (Å²) in [6.07, 6.45) is -0.670. The van der Waals surface area contributed by atoms with Gasteiger partial charge in [-0.3, -0.25) is 4.68 Å². The van der Waals surface area contributed by atoms with Crippen molar-refractivity contribution in [3.05, 3.63) is 42.1 Å². The van der Waals surface area contributed by atoms with Gasteiger partial charge in [-0.1, -0.05) is 30.3 Å². The summed E-state index contributed by atoms with van der Waals surface area (Å²) in [7, 11) is 1.80. The number of rotatable bonds is 3. The van der Waals surface area contributed by atoms with Crippen molar-refractivity contribution < 1.29 is 5.11 Å². The van der Waals surface area contributed by atoms with Gasteiger partial charge < -0.3 is 5.11 Å². The Morgan fingerprint density at radius 1 is 1.38 bits per heavy atom. The van der Waals surface area contributed by atoms with E-state index in [4.69, 9.17) is 11.6 Å². The van der Waals surface area contributed by atoms with E-state index in [1.165, 1.54) is 0 Å². The molecule has 0 aliphatic heterocycles. The van der Waals surface area contributed by atoms with E-state index in [-0.39, 0.29) is 5.88 Å². The van der Waals surface area contributed by atoms with Crippen molar-refractivity contribution in [3.8, 4) is 11.3 Å². The lowest BCUT2D eigenvalue weighted by Gasteiger charge is -2.05. The molecule has 0 aliphatic rings. The average molecular weight is 237 g/mol. The van der Waals surface area contributed by atoms with Crippen molar-refractivity contribution in [1.29, 1.82) is 0 Å². The van der Waals surface area contributed by atoms with Crippen LogP contribution in [0.25, 0.3) is 11.3 Å². The summed E-state index contributed by atoms with van der Waals surface area (Å²) in [6.45, 7) is 0. The maximum atomic E-state index is 9.68. The van der Waals surface area contributed by atoms with Crippen LogP contribution in [0.3, 0.4) is 0 Å². The third kappa shape index (κ3) is 2.10. The first kappa shape index (κ1) is 11.2. The van der Waals surface area contributed by atoms with Crippen LogP contribution < -0.4 is 0 Å². The molecular formula is C12H13ClN2O. The third-order valence-electron chi connectivity index (χ3n) is 2.47. The molecule has 16 heavy (non-hydrogen) atoms. The van der Waals surface area contributed by atoms with Gasteiger partial charge in [0.2, 0.25) is 0 Å². The zero-order chi connectivity index (χ0) is 11.5. The van der Waals surface area contributed by atoms with Gasteiger partial charge in [0.15, 0.2) is 0 Å². The van der Waals surface area contributed by atoms with Crippen molar-refractivity contribution in [2.75, 3.05) is 5.88 Å². The quantitative estimate of drug-likeness (QED) is 0.831. The molecule has 0 amide bonds. The highest BCUT2D eigenvalue weighted by atomic mass is 35.5. The molecule has 1 unspecified atom stereocenters. The van der Waals surface area contributed by atoms with Gasteiger partial charge in [-0.25, -0.2) is 0 Å². The minimum Gasteiger partial charge on any atom is -0.386 e. The largest absolute Gasteiger partial charge is 0.386 e. The summed E-state index contributed by atoms with van der Waals surface area (Å²) in [4.78, 5) is 0. The van der Waals surface area contributed by atoms with Crippen LogP contribution in [-0.4, -0.2) is 20.8 Å². The van der Waals surface area contributed by atoms with Crippen LogP contribution in [-0.2, 0) is 7.05 Å². The second kappa shape index (κ2) is 4.68. The molecule has 3 nitrogen and oxygen atoms in total. The standard InChI is InChI=1S/C12H13ClN2O/c1-15-11(12(16)8-13)7-10(14-15)9-5-3-2-4-6-9/h2-7,12,16H,8H2,1H3. The van der Waals surface area contributed by atoms with Crippen LogP contribution in [0.15, 0.2) is 36.4 Å². The molecule has 0 saturated carbocycles. The molecular weight excluding hydrogens is 224 g/mol. The predicted octanol–water partition coefficient (Wildman–Crippen LogP) is 2.36. The van der Waals surface area contributed by atoms with Gasteiger partial charge in [-0.15, -0.1) is 11.6 Å². The number of halogens is 1. The molecule has 0 fully saturated rings. The maximum Gasteiger partial charge on any atom is 0.109 e. The fourth-order valence-electron chi connectivity index (χ4n) is 1.62. The van der Waals surface area contributed by atoms with Gasteiger partial charge in [0, 0.05) is 12.6 Å². The molecule has 1 N–H and O–H groups in total. The molecule has 84 valence electrons. The molecule has 0 saturated heterocycles. The summed E-state index contributed by atoms with van der Waals surface area (Å²) >= 11 is 5.62. The van der Waals surface area contributed by atoms with E-state index >= 15 is 0 Å². The van der Waals surface area contributed by atoms with Crippen LogP contribution in [0.5, 0.6) is 0 Å². The lowest BCUT2D eigenvalue weighted by Crippen LogP contribution is -2.05. The second-order valence-electron chi connectivity index (χ2n) is 3.61. The molecule has 4 heteroatoms. The molecule has 2 aromatic rings. The zero-order valence-corrected chi connectivity index (χ0v) is 9.72. The van der Waals surface area contributed by atoms with Crippen LogP contribution >= 0.6 is 11.6 Å². The number of aliphatic hydroxyl groups is 1. The highest BCUT2D eigenvalue weighted by Gasteiger charge is 2.13. The number of hydrogen-bond donors (Lipinski definition) is 1. The molecule has 1 heterocycles. The van der Waals surface area contributed by atoms with Gasteiger partial charge in [0.1, 0.15) is 6.10 Å². The van der Waals surface area contributed by atoms with Crippen LogP contribution in [0.1, 0.15) is 11.8 Å². The highest BCUT2D eigenvalue weighted by molar-refractivity contribution is 6.18. The summed E-state index contributed by atoms with van der Waals surface area (Å²) in [5.41, 5.74) is 2.61. The van der Waals surface area contributed by atoms with Crippen molar-refractivity contribution >= 4 is 11.6 Å². The Kier molecular flexibility index (Phi) is 3.27. The van der Waals surface area contributed by atoms with Crippen LogP contribution in [0.4, 0.5) is 0 Å². The molecule has 1 aromatic carbocycles. The molecule has 0 spiro atoms. The molecule has 0 aliphatic carbocycles. The molecule has 1 aromatic heterocycles. The minimum atomic E-state index is -0.670. The van der Waals surface area contributed by atoms with Crippen molar-refractivity contribution in [3.63, 3.8) is 0 Å². The summed E-state index contributed by atoms with van der Waals surface area (Å²) in [5, 5.41) is 14.0. The van der Waals surface area contributed by atoms with Gasteiger partial charge in [0.25, 0.3) is 0 Å². The van der Waals surface area contributed by atoms with Gasteiger partial charge in [-0.05, 0) is 6.07 Å². The van der Waals surface area contributed by atoms with E-state index < -0.39 is 6.10 Å². The Bertz CT molecular complexity index is 467. The van der Waals surface area contributed by atoms with Gasteiger partial charge >= 0.3 is 0 Å². The van der Waals surface area contributed by atoms with E-state index in [2.05, 4.69) is 5.10 Å². The maximum absolute atomic E-state index is 9.68. The van der Waals surface area contributed by atoms with Gasteiger partial charge in [-0.2, -0.15) is 5.10 Å². The first-order valence-corrected chi connectivity index (χ1v) is 5.59. The fraction of sp³-hybridized carbons (Fsp3) is 0.250. The average Bonchev–Trinajstić information content (AvgIpc) is 2.71. The Morgan fingerprint density at radius 2 is 2.06 bits per heavy atom. The SMILES string of the molecule is Cn1nc(-c2ccccc2)cc1C(O)CCl. The lowest BCUT2D eigenvalue weighted by molar-refractivity contribution is 0.192. The van der Waals surface area contributed by atoms with Gasteiger partial charge in [0.05, 0.1) is 17.3 Å². The summed E-state index contributed by atoms with van der Waals surface area (Å²) < 4.78 is 1.66. The fourth-order valence-corrected chi connectivity index (χ4v) is 1.78. The first-order chi connectivity index (χ1) is 7.72. The summed E-state index contributed by atoms with van der Waals surface area (Å²) in [5.74, 6) is 0.174. The number of aliphatic hydroxyl groups excluding tert-OH is 1. The first-order valence-electron chi connectivity index (χ1n) is 5.05. The smallest absolute Gasteiger partial charge is 0.109 e. The van der Waals surface area contributed by atoms with Crippen molar-refractivity contribution in [2.24, 2.45) is 7.05 Å². The van der Waals surface area contributed by atoms with Crippen molar-refractivity contribution in [1.82, 2.24) is 9.78 Å². The molecule has 1 atom stereocenters. The second-order valence-corrected chi connectivity index (χ2v) is 3.92. The molecule has 0 radical (unpaired) electrons. The van der Waals surface area contributed by atoms with Crippen LogP contribution in [0.2, 0.25) is 0 Å². The summed E-state index contributed by atoms with van der Waals surface area (Å²) in [6, 6.07) is 11.7.